The molecule has 0 atom stereocenters. The van der Waals surface area contributed by atoms with E-state index in [0.717, 1.165) is 22.2 Å². The lowest BCUT2D eigenvalue weighted by atomic mass is 10.2. The second-order valence-corrected chi connectivity index (χ2v) is 6.07. The summed E-state index contributed by atoms with van der Waals surface area (Å²) in [6.07, 6.45) is -0.325. The Labute approximate surface area is 156 Å². The fraction of sp³-hybridized carbons (Fsp3) is 0.143. The van der Waals surface area contributed by atoms with Crippen molar-refractivity contribution in [2.45, 2.75) is 0 Å². The third-order valence-corrected chi connectivity index (χ3v) is 4.28. The highest BCUT2D eigenvalue weighted by molar-refractivity contribution is 5.98. The maximum Gasteiger partial charge on any atom is 0.414 e. The first-order valence-corrected chi connectivity index (χ1v) is 8.60. The SMILES string of the molecule is O=C(NCC#Cc1ccc(N2CCOC2=O)cc1)c1cc2ccccc2[nH]1. The number of nitrogens with one attached hydrogen (secondary N) is 2. The predicted molar refractivity (Wildman–Crippen MR) is 103 cm³/mol. The van der Waals surface area contributed by atoms with Gasteiger partial charge < -0.3 is 15.0 Å². The van der Waals surface area contributed by atoms with Crippen LogP contribution < -0.4 is 10.2 Å². The highest BCUT2D eigenvalue weighted by Crippen LogP contribution is 2.18. The van der Waals surface area contributed by atoms with Crippen LogP contribution in [0.3, 0.4) is 0 Å². The average molecular weight is 359 g/mol. The number of amides is 2. The van der Waals surface area contributed by atoms with E-state index in [1.54, 1.807) is 4.90 Å². The summed E-state index contributed by atoms with van der Waals surface area (Å²) in [5.41, 5.74) is 3.04. The number of ether oxygens (including phenoxy) is 1. The fourth-order valence-corrected chi connectivity index (χ4v) is 2.91. The van der Waals surface area contributed by atoms with Gasteiger partial charge in [0.2, 0.25) is 0 Å². The van der Waals surface area contributed by atoms with Gasteiger partial charge in [-0.2, -0.15) is 0 Å². The highest BCUT2D eigenvalue weighted by Gasteiger charge is 2.23. The van der Waals surface area contributed by atoms with Gasteiger partial charge in [0.1, 0.15) is 12.3 Å². The van der Waals surface area contributed by atoms with E-state index in [-0.39, 0.29) is 18.5 Å². The minimum absolute atomic E-state index is 0.191. The fourth-order valence-electron chi connectivity index (χ4n) is 2.91. The number of aromatic nitrogens is 1. The number of benzene rings is 2. The zero-order chi connectivity index (χ0) is 18.6. The Morgan fingerprint density at radius 3 is 2.74 bits per heavy atom. The molecule has 2 amide bonds. The molecular weight excluding hydrogens is 342 g/mol. The molecule has 0 aliphatic carbocycles. The number of carbonyl (C=O) groups excluding carboxylic acids is 2. The molecule has 2 aromatic carbocycles. The first-order valence-electron chi connectivity index (χ1n) is 8.60. The lowest BCUT2D eigenvalue weighted by molar-refractivity contribution is 0.0954. The van der Waals surface area contributed by atoms with E-state index in [0.29, 0.717) is 18.8 Å². The Balaban J connectivity index is 1.34. The van der Waals surface area contributed by atoms with Gasteiger partial charge in [0.15, 0.2) is 0 Å². The van der Waals surface area contributed by atoms with E-state index < -0.39 is 0 Å². The standard InChI is InChI=1S/C21H17N3O3/c25-20(19-14-16-5-1-2-6-18(16)23-19)22-11-3-4-15-7-9-17(10-8-15)24-12-13-27-21(24)26/h1-2,5-10,14,23H,11-13H2,(H,22,25). The van der Waals surface area contributed by atoms with Crippen LogP contribution in [0, 0.1) is 11.8 Å². The van der Waals surface area contributed by atoms with Gasteiger partial charge in [0.05, 0.1) is 13.1 Å². The molecular formula is C21H17N3O3. The van der Waals surface area contributed by atoms with Gasteiger partial charge in [-0.05, 0) is 36.4 Å². The number of hydrogen-bond acceptors (Lipinski definition) is 3. The number of H-pyrrole nitrogens is 1. The van der Waals surface area contributed by atoms with E-state index in [4.69, 9.17) is 4.74 Å². The van der Waals surface area contributed by atoms with Crippen molar-refractivity contribution in [3.05, 3.63) is 65.9 Å². The Bertz CT molecular complexity index is 1020. The third-order valence-electron chi connectivity index (χ3n) is 4.28. The molecule has 4 rings (SSSR count). The van der Waals surface area contributed by atoms with Crippen LogP contribution in [-0.4, -0.2) is 36.7 Å². The van der Waals surface area contributed by atoms with Crippen molar-refractivity contribution in [3.8, 4) is 11.8 Å². The predicted octanol–water partition coefficient (Wildman–Crippen LogP) is 2.91. The maximum atomic E-state index is 12.2. The number of fused-ring (bicyclic) bond motifs is 1. The molecule has 2 heterocycles. The molecule has 0 bridgehead atoms. The lowest BCUT2D eigenvalue weighted by Gasteiger charge is -2.11. The molecule has 0 unspecified atom stereocenters. The van der Waals surface area contributed by atoms with Gasteiger partial charge in [0.25, 0.3) is 5.91 Å². The summed E-state index contributed by atoms with van der Waals surface area (Å²) in [5.74, 6) is 5.74. The van der Waals surface area contributed by atoms with Crippen LogP contribution >= 0.6 is 0 Å². The second kappa shape index (κ2) is 7.26. The molecule has 1 aromatic heterocycles. The van der Waals surface area contributed by atoms with Crippen LogP contribution in [0.15, 0.2) is 54.6 Å². The highest BCUT2D eigenvalue weighted by atomic mass is 16.6. The second-order valence-electron chi connectivity index (χ2n) is 6.07. The molecule has 6 heteroatoms. The van der Waals surface area contributed by atoms with E-state index >= 15 is 0 Å². The molecule has 1 saturated heterocycles. The summed E-state index contributed by atoms with van der Waals surface area (Å²) in [7, 11) is 0. The maximum absolute atomic E-state index is 12.2. The first-order chi connectivity index (χ1) is 13.2. The van der Waals surface area contributed by atoms with Crippen molar-refractivity contribution in [3.63, 3.8) is 0 Å². The number of para-hydroxylation sites is 1. The van der Waals surface area contributed by atoms with Crippen molar-refractivity contribution in [2.24, 2.45) is 0 Å². The van der Waals surface area contributed by atoms with Crippen molar-refractivity contribution in [1.82, 2.24) is 10.3 Å². The van der Waals surface area contributed by atoms with Gasteiger partial charge in [0, 0.05) is 22.2 Å². The monoisotopic (exact) mass is 359 g/mol. The number of nitrogens with zero attached hydrogens (tertiary/aromatic N) is 1. The number of hydrogen-bond donors (Lipinski definition) is 2. The molecule has 0 spiro atoms. The molecule has 2 N–H and O–H groups in total. The summed E-state index contributed by atoms with van der Waals surface area (Å²) in [6, 6.07) is 16.9. The summed E-state index contributed by atoms with van der Waals surface area (Å²) in [5, 5.41) is 3.77. The van der Waals surface area contributed by atoms with Crippen LogP contribution in [-0.2, 0) is 4.74 Å². The van der Waals surface area contributed by atoms with E-state index in [1.807, 2.05) is 54.6 Å². The van der Waals surface area contributed by atoms with Gasteiger partial charge in [-0.25, -0.2) is 4.79 Å². The summed E-state index contributed by atoms with van der Waals surface area (Å²) in [6.45, 7) is 1.22. The number of rotatable bonds is 3. The number of anilines is 1. The smallest absolute Gasteiger partial charge is 0.414 e. The number of aromatic amines is 1. The normalized spacial score (nSPS) is 13.2. The Morgan fingerprint density at radius 2 is 2.00 bits per heavy atom. The van der Waals surface area contributed by atoms with Gasteiger partial charge in [-0.3, -0.25) is 9.69 Å². The molecule has 134 valence electrons. The Morgan fingerprint density at radius 1 is 1.19 bits per heavy atom. The van der Waals surface area contributed by atoms with Crippen LogP contribution in [0.2, 0.25) is 0 Å². The Kier molecular flexibility index (Phi) is 4.50. The quantitative estimate of drug-likeness (QED) is 0.706. The summed E-state index contributed by atoms with van der Waals surface area (Å²) >= 11 is 0. The van der Waals surface area contributed by atoms with Gasteiger partial charge in [-0.1, -0.05) is 30.0 Å². The van der Waals surface area contributed by atoms with E-state index in [1.165, 1.54) is 0 Å². The van der Waals surface area contributed by atoms with Crippen molar-refractivity contribution < 1.29 is 14.3 Å². The van der Waals surface area contributed by atoms with Crippen LogP contribution in [0.25, 0.3) is 10.9 Å². The number of carbonyl (C=O) groups is 2. The average Bonchev–Trinajstić information content (AvgIpc) is 3.31. The van der Waals surface area contributed by atoms with Crippen LogP contribution in [0.4, 0.5) is 10.5 Å². The summed E-state index contributed by atoms with van der Waals surface area (Å²) < 4.78 is 4.92. The van der Waals surface area contributed by atoms with Crippen molar-refractivity contribution >= 4 is 28.6 Å². The molecule has 1 aliphatic heterocycles. The Hall–Kier alpha value is -3.72. The van der Waals surface area contributed by atoms with Gasteiger partial charge >= 0.3 is 6.09 Å². The van der Waals surface area contributed by atoms with Crippen molar-refractivity contribution in [1.29, 1.82) is 0 Å². The largest absolute Gasteiger partial charge is 0.447 e. The minimum Gasteiger partial charge on any atom is -0.447 e. The third kappa shape index (κ3) is 3.62. The topological polar surface area (TPSA) is 74.4 Å². The molecule has 27 heavy (non-hydrogen) atoms. The van der Waals surface area contributed by atoms with E-state index in [2.05, 4.69) is 22.1 Å². The first kappa shape index (κ1) is 16.7. The number of cyclic esters (lactones) is 1. The van der Waals surface area contributed by atoms with E-state index in [9.17, 15) is 9.59 Å². The molecule has 3 aromatic rings. The zero-order valence-corrected chi connectivity index (χ0v) is 14.5. The molecule has 0 radical (unpaired) electrons. The van der Waals surface area contributed by atoms with Gasteiger partial charge in [-0.15, -0.1) is 0 Å². The van der Waals surface area contributed by atoms with Crippen molar-refractivity contribution in [2.75, 3.05) is 24.6 Å². The molecule has 6 nitrogen and oxygen atoms in total. The minimum atomic E-state index is -0.325. The molecule has 1 aliphatic rings. The summed E-state index contributed by atoms with van der Waals surface area (Å²) in [4.78, 5) is 28.4. The molecule has 1 fully saturated rings. The van der Waals surface area contributed by atoms with Crippen LogP contribution in [0.1, 0.15) is 16.1 Å². The lowest BCUT2D eigenvalue weighted by Crippen LogP contribution is -2.23. The zero-order valence-electron chi connectivity index (χ0n) is 14.5. The van der Waals surface area contributed by atoms with Crippen LogP contribution in [0.5, 0.6) is 0 Å². The molecule has 0 saturated carbocycles.